The average molecular weight is 297 g/mol. The van der Waals surface area contributed by atoms with Crippen LogP contribution >= 0.6 is 0 Å². The van der Waals surface area contributed by atoms with Gasteiger partial charge >= 0.3 is 0 Å². The van der Waals surface area contributed by atoms with Crippen LogP contribution in [0.2, 0.25) is 0 Å². The first-order chi connectivity index (χ1) is 10.3. The van der Waals surface area contributed by atoms with Crippen molar-refractivity contribution in [3.05, 3.63) is 46.5 Å². The van der Waals surface area contributed by atoms with E-state index in [0.29, 0.717) is 11.8 Å². The fourth-order valence-electron chi connectivity index (χ4n) is 4.16. The molecule has 1 aliphatic heterocycles. The Morgan fingerprint density at radius 2 is 1.23 bits per heavy atom. The highest BCUT2D eigenvalue weighted by atomic mass is 16.5. The predicted molar refractivity (Wildman–Crippen MR) is 92.2 cm³/mol. The summed E-state index contributed by atoms with van der Waals surface area (Å²) >= 11 is 0. The number of hydroxylamine groups is 2. The summed E-state index contributed by atoms with van der Waals surface area (Å²) in [4.78, 5) is 0. The van der Waals surface area contributed by atoms with Gasteiger partial charge in [0, 0.05) is 0 Å². The summed E-state index contributed by atoms with van der Waals surface area (Å²) in [6.45, 7) is 13.1. The smallest absolute Gasteiger partial charge is 0.0638 e. The van der Waals surface area contributed by atoms with Crippen molar-refractivity contribution in [2.45, 2.75) is 53.6 Å². The largest absolute Gasteiger partial charge is 0.313 e. The summed E-state index contributed by atoms with van der Waals surface area (Å²) in [5.74, 6) is 0.730. The first kappa shape index (κ1) is 15.5. The van der Waals surface area contributed by atoms with E-state index in [9.17, 15) is 5.21 Å². The summed E-state index contributed by atoms with van der Waals surface area (Å²) in [6.07, 6.45) is 0. The number of rotatable bonds is 2. The van der Waals surface area contributed by atoms with Crippen LogP contribution in [0.25, 0.3) is 10.8 Å². The lowest BCUT2D eigenvalue weighted by molar-refractivity contribution is -0.188. The molecule has 0 saturated carbocycles. The molecule has 0 radical (unpaired) electrons. The summed E-state index contributed by atoms with van der Waals surface area (Å²) in [7, 11) is 0. The van der Waals surface area contributed by atoms with Gasteiger partial charge in [-0.1, -0.05) is 52.0 Å². The van der Waals surface area contributed by atoms with Crippen LogP contribution in [-0.4, -0.2) is 10.3 Å². The van der Waals surface area contributed by atoms with Gasteiger partial charge in [-0.25, -0.2) is 0 Å². The lowest BCUT2D eigenvalue weighted by Gasteiger charge is -2.44. The van der Waals surface area contributed by atoms with Crippen molar-refractivity contribution in [2.24, 2.45) is 11.8 Å². The summed E-state index contributed by atoms with van der Waals surface area (Å²) in [6, 6.07) is 8.94. The van der Waals surface area contributed by atoms with Crippen molar-refractivity contribution in [2.75, 3.05) is 0 Å². The number of benzene rings is 2. The van der Waals surface area contributed by atoms with Gasteiger partial charge in [0.05, 0.1) is 12.1 Å². The molecule has 2 nitrogen and oxygen atoms in total. The third-order valence-corrected chi connectivity index (χ3v) is 5.13. The van der Waals surface area contributed by atoms with Crippen molar-refractivity contribution >= 4 is 10.8 Å². The number of hydrogen-bond donors (Lipinski definition) is 1. The monoisotopic (exact) mass is 297 g/mol. The number of aryl methyl sites for hydroxylation is 2. The molecular weight excluding hydrogens is 270 g/mol. The summed E-state index contributed by atoms with van der Waals surface area (Å²) < 4.78 is 0. The highest BCUT2D eigenvalue weighted by Gasteiger charge is 2.39. The van der Waals surface area contributed by atoms with Crippen molar-refractivity contribution in [3.8, 4) is 0 Å². The van der Waals surface area contributed by atoms with Crippen LogP contribution in [0.3, 0.4) is 0 Å². The van der Waals surface area contributed by atoms with Gasteiger partial charge in [0.2, 0.25) is 0 Å². The topological polar surface area (TPSA) is 23.5 Å². The van der Waals surface area contributed by atoms with Gasteiger partial charge < -0.3 is 5.21 Å². The van der Waals surface area contributed by atoms with Gasteiger partial charge in [0.25, 0.3) is 0 Å². The van der Waals surface area contributed by atoms with Gasteiger partial charge in [-0.05, 0) is 58.7 Å². The molecule has 0 saturated heterocycles. The van der Waals surface area contributed by atoms with Gasteiger partial charge in [-0.15, -0.1) is 0 Å². The first-order valence-electron chi connectivity index (χ1n) is 8.34. The van der Waals surface area contributed by atoms with E-state index in [1.54, 1.807) is 5.06 Å². The zero-order valence-electron chi connectivity index (χ0n) is 14.5. The SMILES string of the molecule is Cc1ccc2ccc(C)c3c2c1[C@H](C(C)C)N(O)[C@H]3C(C)C. The van der Waals surface area contributed by atoms with Gasteiger partial charge in [0.15, 0.2) is 0 Å². The molecule has 2 aromatic carbocycles. The Morgan fingerprint density at radius 1 is 0.818 bits per heavy atom. The highest BCUT2D eigenvalue weighted by molar-refractivity contribution is 5.92. The van der Waals surface area contributed by atoms with Crippen molar-refractivity contribution in [3.63, 3.8) is 0 Å². The van der Waals surface area contributed by atoms with Crippen LogP contribution in [0.5, 0.6) is 0 Å². The Morgan fingerprint density at radius 3 is 1.59 bits per heavy atom. The van der Waals surface area contributed by atoms with Gasteiger partial charge in [0.1, 0.15) is 0 Å². The normalized spacial score (nSPS) is 22.0. The Hall–Kier alpha value is -1.38. The fourth-order valence-corrected chi connectivity index (χ4v) is 4.16. The van der Waals surface area contributed by atoms with Crippen LogP contribution in [0.4, 0.5) is 0 Å². The molecular formula is C20H27NO. The lowest BCUT2D eigenvalue weighted by Crippen LogP contribution is -2.39. The minimum atomic E-state index is 0.0606. The average Bonchev–Trinajstić information content (AvgIpc) is 2.44. The number of hydrogen-bond acceptors (Lipinski definition) is 2. The first-order valence-corrected chi connectivity index (χ1v) is 8.34. The molecule has 22 heavy (non-hydrogen) atoms. The molecule has 118 valence electrons. The molecule has 0 aromatic heterocycles. The Labute approximate surface area is 133 Å². The molecule has 0 aliphatic carbocycles. The summed E-state index contributed by atoms with van der Waals surface area (Å²) in [5.41, 5.74) is 5.18. The van der Waals surface area contributed by atoms with E-state index >= 15 is 0 Å². The van der Waals surface area contributed by atoms with Gasteiger partial charge in [-0.2, -0.15) is 5.06 Å². The van der Waals surface area contributed by atoms with Crippen LogP contribution < -0.4 is 0 Å². The molecule has 1 aliphatic rings. The Balaban J connectivity index is 2.46. The molecule has 0 bridgehead atoms. The fraction of sp³-hybridized carbons (Fsp3) is 0.500. The predicted octanol–water partition coefficient (Wildman–Crippen LogP) is 5.56. The Kier molecular flexibility index (Phi) is 3.78. The maximum absolute atomic E-state index is 11.1. The molecule has 2 aromatic rings. The van der Waals surface area contributed by atoms with E-state index < -0.39 is 0 Å². The lowest BCUT2D eigenvalue weighted by atomic mass is 9.77. The minimum Gasteiger partial charge on any atom is -0.313 e. The van der Waals surface area contributed by atoms with E-state index in [4.69, 9.17) is 0 Å². The van der Waals surface area contributed by atoms with E-state index in [2.05, 4.69) is 65.8 Å². The summed E-state index contributed by atoms with van der Waals surface area (Å²) in [5, 5.41) is 15.4. The second kappa shape index (κ2) is 5.36. The molecule has 0 amide bonds. The zero-order valence-corrected chi connectivity index (χ0v) is 14.5. The van der Waals surface area contributed by atoms with Crippen LogP contribution in [0.15, 0.2) is 24.3 Å². The third-order valence-electron chi connectivity index (χ3n) is 5.13. The molecule has 2 atom stereocenters. The molecule has 0 fully saturated rings. The van der Waals surface area contributed by atoms with E-state index in [1.807, 2.05) is 0 Å². The third kappa shape index (κ3) is 2.09. The van der Waals surface area contributed by atoms with Crippen LogP contribution in [0, 0.1) is 25.7 Å². The van der Waals surface area contributed by atoms with Crippen LogP contribution in [0.1, 0.15) is 62.0 Å². The second-order valence-electron chi connectivity index (χ2n) is 7.45. The standard InChI is InChI=1S/C20H27NO/c1-11(2)19-16-13(5)7-9-15-10-8-14(6)17(18(15)16)20(12(3)4)21(19)22/h7-12,19-20,22H,1-6H3/t19-,20-/m0/s1. The molecule has 0 unspecified atom stereocenters. The van der Waals surface area contributed by atoms with Crippen molar-refractivity contribution in [1.82, 2.24) is 5.06 Å². The van der Waals surface area contributed by atoms with Gasteiger partial charge in [-0.3, -0.25) is 0 Å². The van der Waals surface area contributed by atoms with Crippen molar-refractivity contribution in [1.29, 1.82) is 0 Å². The highest BCUT2D eigenvalue weighted by Crippen LogP contribution is 2.49. The minimum absolute atomic E-state index is 0.0606. The molecule has 1 N–H and O–H groups in total. The zero-order chi connectivity index (χ0) is 16.2. The molecule has 0 spiro atoms. The van der Waals surface area contributed by atoms with Crippen molar-refractivity contribution < 1.29 is 5.21 Å². The maximum Gasteiger partial charge on any atom is 0.0638 e. The van der Waals surface area contributed by atoms with E-state index in [1.165, 1.54) is 33.0 Å². The molecule has 2 heteroatoms. The quantitative estimate of drug-likeness (QED) is 0.785. The Bertz CT molecular complexity index is 660. The van der Waals surface area contributed by atoms with E-state index in [0.717, 1.165) is 0 Å². The maximum atomic E-state index is 11.1. The molecule has 1 heterocycles. The number of nitrogens with zero attached hydrogens (tertiary/aromatic N) is 1. The van der Waals surface area contributed by atoms with E-state index in [-0.39, 0.29) is 12.1 Å². The van der Waals surface area contributed by atoms with Crippen LogP contribution in [-0.2, 0) is 0 Å². The molecule has 3 rings (SSSR count). The second-order valence-corrected chi connectivity index (χ2v) is 7.45.